The molecule has 1 saturated heterocycles. The fraction of sp³-hybridized carbons (Fsp3) is 0.375. The van der Waals surface area contributed by atoms with Crippen molar-refractivity contribution in [3.05, 3.63) is 60.0 Å². The maximum atomic E-state index is 11.5. The second-order valence-electron chi connectivity index (χ2n) is 7.51. The maximum Gasteiger partial charge on any atom is 0.222 e. The van der Waals surface area contributed by atoms with Crippen molar-refractivity contribution in [1.82, 2.24) is 19.9 Å². The number of hydrogen-bond donors (Lipinski definition) is 0. The van der Waals surface area contributed by atoms with Gasteiger partial charge < -0.3 is 9.80 Å². The van der Waals surface area contributed by atoms with E-state index in [9.17, 15) is 4.79 Å². The maximum absolute atomic E-state index is 11.5. The summed E-state index contributed by atoms with van der Waals surface area (Å²) in [6.45, 7) is 4.53. The van der Waals surface area contributed by atoms with E-state index in [1.165, 1.54) is 5.56 Å². The van der Waals surface area contributed by atoms with Crippen LogP contribution in [0.15, 0.2) is 48.9 Å². The van der Waals surface area contributed by atoms with Gasteiger partial charge in [0, 0.05) is 51.7 Å². The van der Waals surface area contributed by atoms with Crippen LogP contribution in [0.4, 0.5) is 5.82 Å². The molecule has 31 heavy (non-hydrogen) atoms. The summed E-state index contributed by atoms with van der Waals surface area (Å²) < 4.78 is 0. The lowest BCUT2D eigenvalue weighted by atomic mass is 10.1. The number of likely N-dealkylation sites (N-methyl/N-ethyl adjacent to an activating group) is 1. The standard InChI is InChI=1S/C13H16N4O.C11H12N2/c1-16(7-8-17-6-2-3-13(17)18)12-5-4-11(9-14)10-15-12;1-2-4-9-5-3-6-10-11(9)13-8-7-12-10/h4-5,10H,2-3,6-8H2,1H3;3,5-8H,2,4H2,1H3. The summed E-state index contributed by atoms with van der Waals surface area (Å²) >= 11 is 0. The second kappa shape index (κ2) is 11.0. The third kappa shape index (κ3) is 5.98. The van der Waals surface area contributed by atoms with Crippen molar-refractivity contribution in [2.75, 3.05) is 31.6 Å². The molecule has 0 unspecified atom stereocenters. The quantitative estimate of drug-likeness (QED) is 0.610. The van der Waals surface area contributed by atoms with Gasteiger partial charge in [-0.25, -0.2) is 4.98 Å². The molecule has 1 aromatic carbocycles. The molecule has 1 fully saturated rings. The molecule has 160 valence electrons. The van der Waals surface area contributed by atoms with Crippen LogP contribution < -0.4 is 4.90 Å². The van der Waals surface area contributed by atoms with E-state index in [1.54, 1.807) is 24.7 Å². The highest BCUT2D eigenvalue weighted by atomic mass is 16.2. The van der Waals surface area contributed by atoms with Crippen molar-refractivity contribution in [2.24, 2.45) is 0 Å². The van der Waals surface area contributed by atoms with Gasteiger partial charge in [-0.1, -0.05) is 25.5 Å². The predicted molar refractivity (Wildman–Crippen MR) is 122 cm³/mol. The molecule has 2 aromatic heterocycles. The Balaban J connectivity index is 0.000000185. The van der Waals surface area contributed by atoms with Crippen molar-refractivity contribution in [1.29, 1.82) is 5.26 Å². The van der Waals surface area contributed by atoms with E-state index in [0.717, 1.165) is 55.7 Å². The number of rotatable bonds is 6. The van der Waals surface area contributed by atoms with Gasteiger partial charge in [-0.3, -0.25) is 14.8 Å². The summed E-state index contributed by atoms with van der Waals surface area (Å²) in [5, 5.41) is 8.70. The molecular weight excluding hydrogens is 388 g/mol. The number of pyridine rings is 1. The number of nitrogens with zero attached hydrogens (tertiary/aromatic N) is 6. The SMILES string of the molecule is CCCc1cccc2nccnc12.CN(CCN1CCCC1=O)c1ccc(C#N)cn1. The van der Waals surface area contributed by atoms with E-state index in [0.29, 0.717) is 12.0 Å². The van der Waals surface area contributed by atoms with Gasteiger partial charge in [0.1, 0.15) is 11.9 Å². The van der Waals surface area contributed by atoms with Crippen molar-refractivity contribution in [3.8, 4) is 6.07 Å². The number of hydrogen-bond acceptors (Lipinski definition) is 6. The normalized spacial score (nSPS) is 12.9. The summed E-state index contributed by atoms with van der Waals surface area (Å²) in [5.41, 5.74) is 3.90. The van der Waals surface area contributed by atoms with Crippen LogP contribution in [-0.2, 0) is 11.2 Å². The highest BCUT2D eigenvalue weighted by Gasteiger charge is 2.19. The molecule has 0 spiro atoms. The van der Waals surface area contributed by atoms with E-state index in [2.05, 4.69) is 27.9 Å². The number of nitriles is 1. The first kappa shape index (κ1) is 22.2. The summed E-state index contributed by atoms with van der Waals surface area (Å²) in [6, 6.07) is 11.8. The van der Waals surface area contributed by atoms with Gasteiger partial charge in [-0.2, -0.15) is 5.26 Å². The zero-order valence-corrected chi connectivity index (χ0v) is 18.2. The number of amides is 1. The van der Waals surface area contributed by atoms with Crippen LogP contribution in [0.5, 0.6) is 0 Å². The molecule has 1 aliphatic rings. The first-order valence-corrected chi connectivity index (χ1v) is 10.7. The first-order chi connectivity index (χ1) is 15.1. The molecule has 4 rings (SSSR count). The Kier molecular flexibility index (Phi) is 7.88. The van der Waals surface area contributed by atoms with Crippen LogP contribution in [0.2, 0.25) is 0 Å². The lowest BCUT2D eigenvalue weighted by Gasteiger charge is -2.22. The highest BCUT2D eigenvalue weighted by molar-refractivity contribution is 5.78. The fourth-order valence-corrected chi connectivity index (χ4v) is 3.53. The molecule has 1 amide bonds. The monoisotopic (exact) mass is 416 g/mol. The Hall–Kier alpha value is -3.53. The Morgan fingerprint density at radius 2 is 2.00 bits per heavy atom. The van der Waals surface area contributed by atoms with Gasteiger partial charge in [-0.15, -0.1) is 0 Å². The van der Waals surface area contributed by atoms with Crippen molar-refractivity contribution in [3.63, 3.8) is 0 Å². The zero-order valence-electron chi connectivity index (χ0n) is 18.2. The first-order valence-electron chi connectivity index (χ1n) is 10.7. The average Bonchev–Trinajstić information content (AvgIpc) is 3.23. The molecule has 0 radical (unpaired) electrons. The smallest absolute Gasteiger partial charge is 0.222 e. The molecule has 3 aromatic rings. The number of aryl methyl sites for hydroxylation is 1. The largest absolute Gasteiger partial charge is 0.358 e. The molecule has 0 saturated carbocycles. The molecule has 0 atom stereocenters. The van der Waals surface area contributed by atoms with Crippen LogP contribution in [0.1, 0.15) is 37.3 Å². The Morgan fingerprint density at radius 3 is 2.68 bits per heavy atom. The van der Waals surface area contributed by atoms with Gasteiger partial charge in [-0.05, 0) is 36.6 Å². The topological polar surface area (TPSA) is 86.0 Å². The minimum absolute atomic E-state index is 0.246. The summed E-state index contributed by atoms with van der Waals surface area (Å²) in [4.78, 5) is 28.2. The van der Waals surface area contributed by atoms with Crippen molar-refractivity contribution >= 4 is 22.8 Å². The van der Waals surface area contributed by atoms with Crippen molar-refractivity contribution < 1.29 is 4.79 Å². The van der Waals surface area contributed by atoms with Crippen molar-refractivity contribution in [2.45, 2.75) is 32.6 Å². The molecule has 0 bridgehead atoms. The van der Waals surface area contributed by atoms with E-state index in [1.807, 2.05) is 41.1 Å². The second-order valence-corrected chi connectivity index (χ2v) is 7.51. The summed E-state index contributed by atoms with van der Waals surface area (Å²) in [5.74, 6) is 1.07. The highest BCUT2D eigenvalue weighted by Crippen LogP contribution is 2.15. The van der Waals surface area contributed by atoms with Crippen LogP contribution in [0.25, 0.3) is 11.0 Å². The molecule has 1 aliphatic heterocycles. The van der Waals surface area contributed by atoms with E-state index in [-0.39, 0.29) is 5.91 Å². The minimum Gasteiger partial charge on any atom is -0.358 e. The molecule has 0 N–H and O–H groups in total. The van der Waals surface area contributed by atoms with Gasteiger partial charge >= 0.3 is 0 Å². The van der Waals surface area contributed by atoms with Gasteiger partial charge in [0.2, 0.25) is 5.91 Å². The number of benzene rings is 1. The predicted octanol–water partition coefficient (Wildman–Crippen LogP) is 3.59. The molecule has 7 heteroatoms. The molecule has 7 nitrogen and oxygen atoms in total. The van der Waals surface area contributed by atoms with Crippen LogP contribution in [0.3, 0.4) is 0 Å². The summed E-state index contributed by atoms with van der Waals surface area (Å²) in [6.07, 6.45) is 8.93. The number of fused-ring (bicyclic) bond motifs is 1. The number of carbonyl (C=O) groups excluding carboxylic acids is 1. The number of para-hydroxylation sites is 1. The summed E-state index contributed by atoms with van der Waals surface area (Å²) in [7, 11) is 1.94. The zero-order chi connectivity index (χ0) is 22.1. The number of aromatic nitrogens is 3. The molecule has 3 heterocycles. The van der Waals surface area contributed by atoms with Gasteiger partial charge in [0.05, 0.1) is 16.6 Å². The van der Waals surface area contributed by atoms with Crippen LogP contribution in [-0.4, -0.2) is 52.4 Å². The average molecular weight is 417 g/mol. The molecular formula is C24H28N6O. The third-order valence-electron chi connectivity index (χ3n) is 5.25. The number of likely N-dealkylation sites (tertiary alicyclic amines) is 1. The fourth-order valence-electron chi connectivity index (χ4n) is 3.53. The van der Waals surface area contributed by atoms with E-state index >= 15 is 0 Å². The minimum atomic E-state index is 0.246. The third-order valence-corrected chi connectivity index (χ3v) is 5.25. The Morgan fingerprint density at radius 1 is 1.16 bits per heavy atom. The van der Waals surface area contributed by atoms with Crippen LogP contribution >= 0.6 is 0 Å². The molecule has 0 aliphatic carbocycles. The van der Waals surface area contributed by atoms with Crippen LogP contribution in [0, 0.1) is 11.3 Å². The Bertz CT molecular complexity index is 1040. The number of anilines is 1. The number of carbonyl (C=O) groups is 1. The van der Waals surface area contributed by atoms with E-state index in [4.69, 9.17) is 5.26 Å². The van der Waals surface area contributed by atoms with Gasteiger partial charge in [0.15, 0.2) is 0 Å². The Labute approximate surface area is 183 Å². The van der Waals surface area contributed by atoms with E-state index < -0.39 is 0 Å². The lowest BCUT2D eigenvalue weighted by molar-refractivity contribution is -0.127. The lowest BCUT2D eigenvalue weighted by Crippen LogP contribution is -2.34. The van der Waals surface area contributed by atoms with Gasteiger partial charge in [0.25, 0.3) is 0 Å².